The molecule has 104 valence electrons. The molecule has 0 bridgehead atoms. The van der Waals surface area contributed by atoms with Crippen LogP contribution in [0.15, 0.2) is 11.3 Å². The van der Waals surface area contributed by atoms with E-state index in [2.05, 4.69) is 15.9 Å². The Morgan fingerprint density at radius 3 is 2.84 bits per heavy atom. The predicted octanol–water partition coefficient (Wildman–Crippen LogP) is -0.494. The Labute approximate surface area is 121 Å². The molecule has 9 heteroatoms. The number of nitrogens with zero attached hydrogens (tertiary/aromatic N) is 1. The molecule has 0 aromatic carbocycles. The Morgan fingerprint density at radius 1 is 1.58 bits per heavy atom. The molecule has 3 N–H and O–H groups in total. The summed E-state index contributed by atoms with van der Waals surface area (Å²) in [5.41, 5.74) is 5.28. The van der Waals surface area contributed by atoms with Crippen LogP contribution in [-0.4, -0.2) is 57.0 Å². The summed E-state index contributed by atoms with van der Waals surface area (Å²) >= 11 is 4.36. The van der Waals surface area contributed by atoms with Crippen molar-refractivity contribution in [3.63, 3.8) is 0 Å². The van der Waals surface area contributed by atoms with Gasteiger partial charge in [-0.25, -0.2) is 9.59 Å². The summed E-state index contributed by atoms with van der Waals surface area (Å²) < 4.78 is 4.89. The van der Waals surface area contributed by atoms with Crippen LogP contribution >= 0.6 is 27.7 Å². The van der Waals surface area contributed by atoms with Crippen LogP contribution in [0.3, 0.4) is 0 Å². The van der Waals surface area contributed by atoms with Gasteiger partial charge in [-0.2, -0.15) is 0 Å². The number of thioether (sulfide) groups is 1. The highest BCUT2D eigenvalue weighted by atomic mass is 79.9. The number of carbonyl (C=O) groups is 3. The summed E-state index contributed by atoms with van der Waals surface area (Å²) in [4.78, 5) is 35.7. The molecule has 19 heavy (non-hydrogen) atoms. The monoisotopic (exact) mass is 350 g/mol. The van der Waals surface area contributed by atoms with Gasteiger partial charge in [0.25, 0.3) is 0 Å². The molecule has 0 saturated carbocycles. The van der Waals surface area contributed by atoms with Crippen molar-refractivity contribution < 1.29 is 24.2 Å². The first-order chi connectivity index (χ1) is 8.99. The highest BCUT2D eigenvalue weighted by Gasteiger charge is 2.52. The molecule has 0 aliphatic carbocycles. The van der Waals surface area contributed by atoms with Gasteiger partial charge in [0.05, 0.1) is 5.57 Å². The lowest BCUT2D eigenvalue weighted by atomic mass is 10.0. The molecular weight excluding hydrogens is 340 g/mol. The summed E-state index contributed by atoms with van der Waals surface area (Å²) in [5.74, 6) is -2.35. The third kappa shape index (κ3) is 2.37. The van der Waals surface area contributed by atoms with Crippen LogP contribution in [0.25, 0.3) is 0 Å². The van der Waals surface area contributed by atoms with Crippen LogP contribution < -0.4 is 5.73 Å². The minimum Gasteiger partial charge on any atom is -0.477 e. The van der Waals surface area contributed by atoms with Crippen molar-refractivity contribution in [3.05, 3.63) is 11.3 Å². The summed E-state index contributed by atoms with van der Waals surface area (Å²) in [5, 5.41) is 9.24. The normalized spacial score (nSPS) is 25.8. The van der Waals surface area contributed by atoms with Crippen LogP contribution in [0.5, 0.6) is 0 Å². The minimum atomic E-state index is -1.32. The van der Waals surface area contributed by atoms with Crippen molar-refractivity contribution in [2.24, 2.45) is 5.73 Å². The number of β-lactam (4-membered cyclic amide) rings is 1. The fourth-order valence-electron chi connectivity index (χ4n) is 1.89. The van der Waals surface area contributed by atoms with Crippen LogP contribution in [0, 0.1) is 0 Å². The lowest BCUT2D eigenvalue weighted by Gasteiger charge is -2.47. The largest absolute Gasteiger partial charge is 0.477 e. The number of amides is 1. The first-order valence-corrected chi connectivity index (χ1v) is 7.55. The molecule has 0 aromatic rings. The van der Waals surface area contributed by atoms with E-state index in [9.17, 15) is 19.5 Å². The van der Waals surface area contributed by atoms with E-state index >= 15 is 0 Å². The zero-order valence-corrected chi connectivity index (χ0v) is 12.1. The number of nitrogens with two attached hydrogens (primary N) is 1. The Kier molecular flexibility index (Phi) is 4.16. The molecule has 7 nitrogen and oxygen atoms in total. The van der Waals surface area contributed by atoms with Crippen molar-refractivity contribution in [1.29, 1.82) is 0 Å². The molecule has 1 saturated heterocycles. The average Bonchev–Trinajstić information content (AvgIpc) is 2.41. The molecule has 2 atom stereocenters. The van der Waals surface area contributed by atoms with Gasteiger partial charge in [0.15, 0.2) is 0 Å². The van der Waals surface area contributed by atoms with Gasteiger partial charge in [-0.15, -0.1) is 11.8 Å². The summed E-state index contributed by atoms with van der Waals surface area (Å²) in [7, 11) is 0. The first-order valence-electron chi connectivity index (χ1n) is 5.38. The number of halogens is 1. The maximum atomic E-state index is 11.8. The summed E-state index contributed by atoms with van der Waals surface area (Å²) in [6, 6.07) is -0.709. The van der Waals surface area contributed by atoms with Crippen LogP contribution in [0.4, 0.5) is 0 Å². The molecular formula is C10H11BrN2O5S. The van der Waals surface area contributed by atoms with Crippen LogP contribution in [-0.2, 0) is 19.1 Å². The van der Waals surface area contributed by atoms with Gasteiger partial charge in [-0.3, -0.25) is 9.69 Å². The van der Waals surface area contributed by atoms with Gasteiger partial charge in [-0.1, -0.05) is 15.9 Å². The second-order valence-electron chi connectivity index (χ2n) is 3.89. The second-order valence-corrected chi connectivity index (χ2v) is 5.79. The van der Waals surface area contributed by atoms with Gasteiger partial charge in [0.2, 0.25) is 5.91 Å². The first kappa shape index (κ1) is 14.4. The number of hydrogen-bond donors (Lipinski definition) is 2. The molecule has 1 amide bonds. The SMILES string of the molecule is NC1C(=O)N2C(C(=O)O)=C(C(=O)OCCBr)CS[C@H]12. The van der Waals surface area contributed by atoms with Gasteiger partial charge in [-0.05, 0) is 0 Å². The number of esters is 1. The third-order valence-corrected chi connectivity index (χ3v) is 4.39. The zero-order chi connectivity index (χ0) is 14.2. The van der Waals surface area contributed by atoms with E-state index < -0.39 is 29.3 Å². The number of carbonyl (C=O) groups excluding carboxylic acids is 2. The molecule has 2 aliphatic heterocycles. The number of alkyl halides is 1. The van der Waals surface area contributed by atoms with E-state index in [0.717, 1.165) is 4.90 Å². The Bertz CT molecular complexity index is 481. The lowest BCUT2D eigenvalue weighted by molar-refractivity contribution is -0.149. The molecule has 0 radical (unpaired) electrons. The molecule has 2 rings (SSSR count). The van der Waals surface area contributed by atoms with E-state index in [1.54, 1.807) is 0 Å². The van der Waals surface area contributed by atoms with E-state index in [1.165, 1.54) is 11.8 Å². The van der Waals surface area contributed by atoms with Crippen LogP contribution in [0.2, 0.25) is 0 Å². The number of hydrogen-bond acceptors (Lipinski definition) is 6. The number of fused-ring (bicyclic) bond motifs is 1. The van der Waals surface area contributed by atoms with Gasteiger partial charge in [0, 0.05) is 11.1 Å². The van der Waals surface area contributed by atoms with Crippen molar-refractivity contribution in [2.45, 2.75) is 11.4 Å². The molecule has 2 heterocycles. The fourth-order valence-corrected chi connectivity index (χ4v) is 3.33. The average molecular weight is 351 g/mol. The fraction of sp³-hybridized carbons (Fsp3) is 0.500. The summed E-state index contributed by atoms with van der Waals surface area (Å²) in [6.45, 7) is 0.136. The Morgan fingerprint density at radius 2 is 2.26 bits per heavy atom. The van der Waals surface area contributed by atoms with Crippen molar-refractivity contribution >= 4 is 45.5 Å². The molecule has 1 fully saturated rings. The van der Waals surface area contributed by atoms with Crippen molar-refractivity contribution in [3.8, 4) is 0 Å². The van der Waals surface area contributed by atoms with E-state index in [4.69, 9.17) is 10.5 Å². The number of ether oxygens (including phenoxy) is 1. The maximum absolute atomic E-state index is 11.8. The van der Waals surface area contributed by atoms with Gasteiger partial charge >= 0.3 is 11.9 Å². The van der Waals surface area contributed by atoms with Gasteiger partial charge < -0.3 is 15.6 Å². The topological polar surface area (TPSA) is 110 Å². The number of rotatable bonds is 4. The molecule has 1 unspecified atom stereocenters. The summed E-state index contributed by atoms with van der Waals surface area (Å²) in [6.07, 6.45) is 0. The van der Waals surface area contributed by atoms with Gasteiger partial charge in [0.1, 0.15) is 23.7 Å². The smallest absolute Gasteiger partial charge is 0.353 e. The van der Waals surface area contributed by atoms with E-state index in [1.807, 2.05) is 0 Å². The van der Waals surface area contributed by atoms with E-state index in [0.29, 0.717) is 5.33 Å². The quantitative estimate of drug-likeness (QED) is 0.399. The lowest BCUT2D eigenvalue weighted by Crippen LogP contribution is -2.68. The number of aliphatic carboxylic acids is 1. The number of carboxylic acids is 1. The highest BCUT2D eigenvalue weighted by Crippen LogP contribution is 2.39. The maximum Gasteiger partial charge on any atom is 0.353 e. The Balaban J connectivity index is 2.30. The van der Waals surface area contributed by atoms with Crippen LogP contribution in [0.1, 0.15) is 0 Å². The molecule has 2 aliphatic rings. The second kappa shape index (κ2) is 5.51. The van der Waals surface area contributed by atoms with Crippen molar-refractivity contribution in [2.75, 3.05) is 17.7 Å². The molecule has 0 aromatic heterocycles. The zero-order valence-electron chi connectivity index (χ0n) is 9.67. The standard InChI is InChI=1S/C10H11BrN2O5S/c11-1-2-18-10(17)4-3-19-8-5(12)7(14)13(8)6(4)9(15)16/h5,8H,1-3,12H2,(H,15,16)/t5?,8-/m1/s1. The third-order valence-electron chi connectivity index (χ3n) is 2.77. The molecule has 0 spiro atoms. The van der Waals surface area contributed by atoms with E-state index in [-0.39, 0.29) is 23.6 Å². The number of carboxylic acid groups (broad SMARTS) is 1. The van der Waals surface area contributed by atoms with Crippen molar-refractivity contribution in [1.82, 2.24) is 4.90 Å². The highest BCUT2D eigenvalue weighted by molar-refractivity contribution is 9.09. The Hall–Kier alpha value is -1.06. The predicted molar refractivity (Wildman–Crippen MR) is 70.5 cm³/mol. The minimum absolute atomic E-state index is 0.00468.